The Labute approximate surface area is 371 Å². The summed E-state index contributed by atoms with van der Waals surface area (Å²) in [7, 11) is 0. The predicted molar refractivity (Wildman–Crippen MR) is 240 cm³/mol. The van der Waals surface area contributed by atoms with E-state index in [1.807, 2.05) is 6.08 Å². The number of allylic oxidation sites excluding steroid dienone is 9. The number of carbonyl (C=O) groups excluding carboxylic acids is 1. The molecule has 2 aliphatic heterocycles. The number of hydrogen-bond donors (Lipinski definition) is 9. The van der Waals surface area contributed by atoms with Crippen LogP contribution >= 0.6 is 0 Å². The van der Waals surface area contributed by atoms with Crippen molar-refractivity contribution in [3.63, 3.8) is 0 Å². The van der Waals surface area contributed by atoms with Crippen molar-refractivity contribution in [1.29, 1.82) is 0 Å². The molecule has 2 rings (SSSR count). The van der Waals surface area contributed by atoms with Gasteiger partial charge in [-0.3, -0.25) is 4.79 Å². The lowest BCUT2D eigenvalue weighted by Gasteiger charge is -2.46. The van der Waals surface area contributed by atoms with Gasteiger partial charge in [-0.05, 0) is 64.2 Å². The van der Waals surface area contributed by atoms with Gasteiger partial charge in [0.25, 0.3) is 0 Å². The lowest BCUT2D eigenvalue weighted by molar-refractivity contribution is -0.359. The van der Waals surface area contributed by atoms with Crippen LogP contribution in [0.4, 0.5) is 0 Å². The first-order valence-corrected chi connectivity index (χ1v) is 23.5. The van der Waals surface area contributed by atoms with Crippen LogP contribution in [0.15, 0.2) is 60.8 Å². The summed E-state index contributed by atoms with van der Waals surface area (Å²) in [6.45, 7) is 2.59. The second-order valence-corrected chi connectivity index (χ2v) is 16.5. The number of carbonyl (C=O) groups is 1. The molecule has 62 heavy (non-hydrogen) atoms. The van der Waals surface area contributed by atoms with Crippen LogP contribution in [0.3, 0.4) is 0 Å². The molecule has 0 aromatic rings. The Bertz CT molecular complexity index is 1270. The van der Waals surface area contributed by atoms with Gasteiger partial charge >= 0.3 is 0 Å². The molecular formula is C48H83NO13. The summed E-state index contributed by atoms with van der Waals surface area (Å²) in [6.07, 6.45) is 24.1. The highest BCUT2D eigenvalue weighted by molar-refractivity contribution is 5.76. The van der Waals surface area contributed by atoms with Crippen LogP contribution in [0.2, 0.25) is 0 Å². The number of ether oxygens (including phenoxy) is 4. The van der Waals surface area contributed by atoms with Gasteiger partial charge in [-0.2, -0.15) is 0 Å². The number of hydrogen-bond acceptors (Lipinski definition) is 13. The highest BCUT2D eigenvalue weighted by atomic mass is 16.7. The standard InChI is InChI=1S/C48H83NO13/c1-3-5-7-9-11-13-15-17-18-20-21-23-25-27-29-31-37(52)36(49-40(53)32-30-28-26-24-22-19-16-14-12-10-8-6-4-2)35-59-47-45(58)43(56)46(39(34-51)61-47)62-48-44(57)42(55)41(54)38(33-50)60-48/h6,8,12,14,19,21-23,29,31,36-39,41-48,50-52,54-58H,3-5,7,9-11,13,15-18,20,24-28,30,32-35H2,1-2H3,(H,49,53)/b8-6-,14-12-,22-19-,23-21+,31-29+. The Morgan fingerprint density at radius 2 is 1.13 bits per heavy atom. The van der Waals surface area contributed by atoms with E-state index in [-0.39, 0.29) is 18.9 Å². The van der Waals surface area contributed by atoms with Crippen molar-refractivity contribution in [2.24, 2.45) is 0 Å². The maximum Gasteiger partial charge on any atom is 0.220 e. The van der Waals surface area contributed by atoms with Gasteiger partial charge in [0.1, 0.15) is 48.8 Å². The van der Waals surface area contributed by atoms with Gasteiger partial charge in [-0.25, -0.2) is 0 Å². The summed E-state index contributed by atoms with van der Waals surface area (Å²) < 4.78 is 22.6. The van der Waals surface area contributed by atoms with Crippen LogP contribution in [0.1, 0.15) is 142 Å². The highest BCUT2D eigenvalue weighted by Crippen LogP contribution is 2.30. The molecule has 0 aromatic heterocycles. The van der Waals surface area contributed by atoms with Crippen LogP contribution < -0.4 is 5.32 Å². The molecule has 12 atom stereocenters. The van der Waals surface area contributed by atoms with Crippen molar-refractivity contribution in [3.05, 3.63) is 60.8 Å². The van der Waals surface area contributed by atoms with Crippen LogP contribution in [0.5, 0.6) is 0 Å². The molecule has 0 saturated carbocycles. The first-order valence-electron chi connectivity index (χ1n) is 23.5. The van der Waals surface area contributed by atoms with Gasteiger partial charge in [-0.1, -0.05) is 132 Å². The van der Waals surface area contributed by atoms with E-state index < -0.39 is 86.8 Å². The third kappa shape index (κ3) is 22.5. The molecule has 0 bridgehead atoms. The molecule has 0 radical (unpaired) electrons. The minimum atomic E-state index is -1.79. The Balaban J connectivity index is 1.93. The normalized spacial score (nSPS) is 28.3. The first-order chi connectivity index (χ1) is 30.1. The fourth-order valence-corrected chi connectivity index (χ4v) is 7.32. The third-order valence-electron chi connectivity index (χ3n) is 11.2. The second kappa shape index (κ2) is 35.0. The molecule has 358 valence electrons. The fraction of sp³-hybridized carbons (Fsp3) is 0.771. The Kier molecular flexibility index (Phi) is 31.5. The zero-order valence-corrected chi connectivity index (χ0v) is 37.6. The van der Waals surface area contributed by atoms with Crippen LogP contribution in [-0.2, 0) is 23.7 Å². The monoisotopic (exact) mass is 882 g/mol. The second-order valence-electron chi connectivity index (χ2n) is 16.5. The molecule has 2 heterocycles. The lowest BCUT2D eigenvalue weighted by Crippen LogP contribution is -2.65. The largest absolute Gasteiger partial charge is 0.394 e. The summed E-state index contributed by atoms with van der Waals surface area (Å²) in [6, 6.07) is -0.946. The van der Waals surface area contributed by atoms with E-state index in [1.54, 1.807) is 6.08 Å². The topological polar surface area (TPSA) is 228 Å². The van der Waals surface area contributed by atoms with Crippen molar-refractivity contribution in [3.8, 4) is 0 Å². The summed E-state index contributed by atoms with van der Waals surface area (Å²) in [5, 5.41) is 86.5. The van der Waals surface area contributed by atoms with Gasteiger partial charge in [0.15, 0.2) is 12.6 Å². The summed E-state index contributed by atoms with van der Waals surface area (Å²) >= 11 is 0. The molecule has 9 N–H and O–H groups in total. The summed E-state index contributed by atoms with van der Waals surface area (Å²) in [4.78, 5) is 13.1. The van der Waals surface area contributed by atoms with E-state index in [9.17, 15) is 45.6 Å². The number of aliphatic hydroxyl groups is 8. The zero-order valence-electron chi connectivity index (χ0n) is 37.6. The van der Waals surface area contributed by atoms with E-state index in [2.05, 4.69) is 67.8 Å². The smallest absolute Gasteiger partial charge is 0.220 e. The number of aliphatic hydroxyl groups excluding tert-OH is 8. The number of nitrogens with one attached hydrogen (secondary N) is 1. The van der Waals surface area contributed by atoms with E-state index >= 15 is 0 Å². The highest BCUT2D eigenvalue weighted by Gasteiger charge is 2.50. The first kappa shape index (κ1) is 55.8. The number of unbranched alkanes of at least 4 members (excludes halogenated alkanes) is 13. The average molecular weight is 882 g/mol. The molecule has 0 aliphatic carbocycles. The van der Waals surface area contributed by atoms with Gasteiger partial charge < -0.3 is 65.1 Å². The summed E-state index contributed by atoms with van der Waals surface area (Å²) in [5.74, 6) is -0.283. The maximum absolute atomic E-state index is 13.1. The molecule has 12 unspecified atom stereocenters. The molecular weight excluding hydrogens is 799 g/mol. The van der Waals surface area contributed by atoms with Gasteiger partial charge in [0.2, 0.25) is 5.91 Å². The molecule has 0 spiro atoms. The predicted octanol–water partition coefficient (Wildman–Crippen LogP) is 5.10. The Morgan fingerprint density at radius 1 is 0.597 bits per heavy atom. The molecule has 14 heteroatoms. The minimum absolute atomic E-state index is 0.235. The third-order valence-corrected chi connectivity index (χ3v) is 11.2. The molecule has 1 amide bonds. The quantitative estimate of drug-likeness (QED) is 0.0304. The number of amides is 1. The summed E-state index contributed by atoms with van der Waals surface area (Å²) in [5.41, 5.74) is 0. The Hall–Kier alpha value is -2.31. The molecule has 2 fully saturated rings. The molecule has 2 saturated heterocycles. The zero-order chi connectivity index (χ0) is 45.4. The molecule has 14 nitrogen and oxygen atoms in total. The maximum atomic E-state index is 13.1. The van der Waals surface area contributed by atoms with Gasteiger partial charge in [0.05, 0.1) is 32.0 Å². The fourth-order valence-electron chi connectivity index (χ4n) is 7.32. The van der Waals surface area contributed by atoms with Crippen molar-refractivity contribution in [2.75, 3.05) is 19.8 Å². The van der Waals surface area contributed by atoms with Crippen LogP contribution in [0, 0.1) is 0 Å². The van der Waals surface area contributed by atoms with E-state index in [4.69, 9.17) is 18.9 Å². The Morgan fingerprint density at radius 3 is 1.77 bits per heavy atom. The van der Waals surface area contributed by atoms with E-state index in [0.717, 1.165) is 51.4 Å². The van der Waals surface area contributed by atoms with Gasteiger partial charge in [-0.15, -0.1) is 0 Å². The molecule has 2 aliphatic rings. The van der Waals surface area contributed by atoms with Crippen LogP contribution in [0.25, 0.3) is 0 Å². The molecule has 0 aromatic carbocycles. The van der Waals surface area contributed by atoms with Crippen LogP contribution in [-0.4, -0.2) is 140 Å². The van der Waals surface area contributed by atoms with Crippen molar-refractivity contribution in [1.82, 2.24) is 5.32 Å². The average Bonchev–Trinajstić information content (AvgIpc) is 3.27. The van der Waals surface area contributed by atoms with E-state index in [1.165, 1.54) is 57.8 Å². The lowest BCUT2D eigenvalue weighted by atomic mass is 9.97. The van der Waals surface area contributed by atoms with Gasteiger partial charge in [0, 0.05) is 6.42 Å². The SMILES string of the molecule is CC/C=C\C/C=C\C/C=C\CCCCCC(=O)NC(COC1OC(CO)C(OC2OC(CO)C(O)C(O)C2O)C(O)C1O)C(O)/C=C/CC/C=C/CCCCCCCCCCC. The minimum Gasteiger partial charge on any atom is -0.394 e. The van der Waals surface area contributed by atoms with Crippen molar-refractivity contribution >= 4 is 5.91 Å². The van der Waals surface area contributed by atoms with E-state index in [0.29, 0.717) is 12.8 Å². The number of rotatable bonds is 34. The van der Waals surface area contributed by atoms with Crippen molar-refractivity contribution < 1.29 is 64.6 Å². The van der Waals surface area contributed by atoms with Crippen molar-refractivity contribution in [2.45, 2.75) is 216 Å².